The van der Waals surface area contributed by atoms with Gasteiger partial charge in [0.2, 0.25) is 11.8 Å². The fourth-order valence-electron chi connectivity index (χ4n) is 7.97. The molecule has 4 aromatic carbocycles. The summed E-state index contributed by atoms with van der Waals surface area (Å²) in [7, 11) is 1.27. The Morgan fingerprint density at radius 3 is 2.19 bits per heavy atom. The van der Waals surface area contributed by atoms with Crippen LogP contribution in [-0.4, -0.2) is 92.4 Å². The zero-order valence-corrected chi connectivity index (χ0v) is 33.7. The normalized spacial score (nSPS) is 14.5. The first-order chi connectivity index (χ1) is 28.3. The number of likely N-dealkylation sites (N-methyl/N-ethyl adjacent to an activating group) is 1. The lowest BCUT2D eigenvalue weighted by atomic mass is 9.98. The molecule has 3 amide bonds. The molecule has 2 aromatic heterocycles. The molecule has 1 aliphatic heterocycles. The Labute approximate surface area is 339 Å². The Morgan fingerprint density at radius 2 is 1.48 bits per heavy atom. The van der Waals surface area contributed by atoms with E-state index in [-0.39, 0.29) is 30.4 Å². The first kappa shape index (κ1) is 39.9. The number of aromatic amines is 2. The van der Waals surface area contributed by atoms with Crippen LogP contribution >= 0.6 is 0 Å². The highest BCUT2D eigenvalue weighted by Gasteiger charge is 2.32. The van der Waals surface area contributed by atoms with Crippen molar-refractivity contribution in [3.05, 3.63) is 121 Å². The van der Waals surface area contributed by atoms with Crippen molar-refractivity contribution in [2.45, 2.75) is 58.7 Å². The van der Waals surface area contributed by atoms with Crippen LogP contribution in [0.4, 0.5) is 4.79 Å². The first-order valence-electron chi connectivity index (χ1n) is 20.2. The minimum absolute atomic E-state index is 0.0929. The number of nitrogens with zero attached hydrogens (tertiary/aromatic N) is 5. The van der Waals surface area contributed by atoms with E-state index in [2.05, 4.69) is 111 Å². The van der Waals surface area contributed by atoms with E-state index in [4.69, 9.17) is 4.98 Å². The van der Waals surface area contributed by atoms with Crippen LogP contribution in [0.2, 0.25) is 0 Å². The van der Waals surface area contributed by atoms with Crippen LogP contribution in [-0.2, 0) is 20.9 Å². The maximum atomic E-state index is 14.2. The summed E-state index contributed by atoms with van der Waals surface area (Å²) in [5.41, 5.74) is 7.03. The van der Waals surface area contributed by atoms with Crippen LogP contribution in [0.15, 0.2) is 103 Å². The van der Waals surface area contributed by atoms with Crippen molar-refractivity contribution in [3.8, 4) is 33.6 Å². The fraction of sp³-hybridized carbons (Fsp3) is 0.326. The Kier molecular flexibility index (Phi) is 12.6. The summed E-state index contributed by atoms with van der Waals surface area (Å²) >= 11 is 0. The maximum Gasteiger partial charge on any atom is 0.407 e. The molecule has 0 saturated carbocycles. The molecule has 58 heavy (non-hydrogen) atoms. The van der Waals surface area contributed by atoms with Crippen LogP contribution in [0.5, 0.6) is 0 Å². The number of hydrogen-bond donors (Lipinski definition) is 3. The third-order valence-electron chi connectivity index (χ3n) is 11.0. The Hall–Kier alpha value is -6.27. The summed E-state index contributed by atoms with van der Waals surface area (Å²) in [5, 5.41) is 4.72. The molecule has 0 bridgehead atoms. The number of methoxy groups -OCH3 is 1. The highest BCUT2D eigenvalue weighted by Crippen LogP contribution is 2.33. The molecule has 1 saturated heterocycles. The van der Waals surface area contributed by atoms with E-state index >= 15 is 0 Å². The van der Waals surface area contributed by atoms with E-state index in [9.17, 15) is 14.4 Å². The van der Waals surface area contributed by atoms with Gasteiger partial charge in [0.15, 0.2) is 0 Å². The fourth-order valence-corrected chi connectivity index (χ4v) is 7.97. The van der Waals surface area contributed by atoms with Crippen molar-refractivity contribution in [1.82, 2.24) is 40.0 Å². The monoisotopic (exact) mass is 780 g/mol. The predicted molar refractivity (Wildman–Crippen MR) is 226 cm³/mol. The number of carbonyl (C=O) groups is 3. The van der Waals surface area contributed by atoms with Gasteiger partial charge in [-0.1, -0.05) is 99.6 Å². The second-order valence-electron chi connectivity index (χ2n) is 14.7. The van der Waals surface area contributed by atoms with Crippen LogP contribution in [0.1, 0.15) is 69.3 Å². The van der Waals surface area contributed by atoms with Crippen molar-refractivity contribution < 1.29 is 19.1 Å². The van der Waals surface area contributed by atoms with Gasteiger partial charge in [0.25, 0.3) is 0 Å². The van der Waals surface area contributed by atoms with Crippen LogP contribution < -0.4 is 5.32 Å². The number of amides is 3. The number of likely N-dealkylation sites (tertiary alicyclic amines) is 1. The van der Waals surface area contributed by atoms with E-state index in [1.165, 1.54) is 7.11 Å². The minimum atomic E-state index is -0.629. The van der Waals surface area contributed by atoms with Crippen molar-refractivity contribution >= 4 is 28.7 Å². The van der Waals surface area contributed by atoms with Crippen molar-refractivity contribution in [1.29, 1.82) is 0 Å². The second-order valence-corrected chi connectivity index (χ2v) is 14.7. The molecule has 3 N–H and O–H groups in total. The summed E-state index contributed by atoms with van der Waals surface area (Å²) in [6.07, 6.45) is 5.56. The van der Waals surface area contributed by atoms with Gasteiger partial charge in [-0.15, -0.1) is 0 Å². The highest BCUT2D eigenvalue weighted by atomic mass is 16.5. The molecule has 0 spiro atoms. The van der Waals surface area contributed by atoms with E-state index in [1.807, 2.05) is 47.6 Å². The summed E-state index contributed by atoms with van der Waals surface area (Å²) in [4.78, 5) is 60.6. The molecule has 6 aromatic rings. The zero-order valence-electron chi connectivity index (χ0n) is 33.7. The molecule has 7 rings (SSSR count). The number of imidazole rings is 2. The van der Waals surface area contributed by atoms with E-state index in [0.717, 1.165) is 94.0 Å². The number of alkyl carbamates (subject to hydrolysis) is 1. The highest BCUT2D eigenvalue weighted by molar-refractivity contribution is 5.91. The Morgan fingerprint density at radius 1 is 0.828 bits per heavy atom. The van der Waals surface area contributed by atoms with Gasteiger partial charge < -0.3 is 29.8 Å². The number of fused-ring (bicyclic) bond motifs is 1. The molecular weight excluding hydrogens is 729 g/mol. The number of nitrogens with one attached hydrogen (secondary N) is 3. The predicted octanol–water partition coefficient (Wildman–Crippen LogP) is 8.13. The topological polar surface area (TPSA) is 140 Å². The average molecular weight is 781 g/mol. The number of rotatable bonds is 15. The van der Waals surface area contributed by atoms with Gasteiger partial charge in [-0.2, -0.15) is 0 Å². The minimum Gasteiger partial charge on any atom is -0.453 e. The van der Waals surface area contributed by atoms with E-state index < -0.39 is 6.09 Å². The largest absolute Gasteiger partial charge is 0.453 e. The van der Waals surface area contributed by atoms with E-state index in [0.29, 0.717) is 19.6 Å². The number of aromatic nitrogens is 4. The van der Waals surface area contributed by atoms with Crippen LogP contribution in [0, 0.1) is 0 Å². The third kappa shape index (κ3) is 8.82. The van der Waals surface area contributed by atoms with Gasteiger partial charge in [-0.25, -0.2) is 14.8 Å². The quantitative estimate of drug-likeness (QED) is 0.0957. The van der Waals surface area contributed by atoms with Gasteiger partial charge >= 0.3 is 6.09 Å². The molecule has 0 aliphatic carbocycles. The van der Waals surface area contributed by atoms with Gasteiger partial charge in [-0.05, 0) is 77.5 Å². The second kappa shape index (κ2) is 18.3. The van der Waals surface area contributed by atoms with Gasteiger partial charge in [-0.3, -0.25) is 14.5 Å². The standard InChI is InChI=1S/C46H52N8O4/c1-5-23-53(45(56)43(52(6-2)7-3)33-12-9-8-10-13-33)30-41-47-27-39(50-41)37-22-21-35-25-34(19-20-36(35)26-37)31-15-17-32(18-16-31)38-28-48-44(51-38)40-14-11-24-54(40)42(55)29-49-46(57)58-4/h8-10,12-13,15-22,25-28,40,43H,5-7,11,14,23-24,29-30H2,1-4H3,(H,47,50)(H,48,51)(H,49,57)/t40-,43?/m0/s1. The molecular formula is C46H52N8O4. The third-order valence-corrected chi connectivity index (χ3v) is 11.0. The molecule has 1 aliphatic rings. The lowest BCUT2D eigenvalue weighted by molar-refractivity contribution is -0.138. The number of ether oxygens (including phenoxy) is 1. The summed E-state index contributed by atoms with van der Waals surface area (Å²) < 4.78 is 4.59. The summed E-state index contributed by atoms with van der Waals surface area (Å²) in [5.74, 6) is 1.42. The SMILES string of the molecule is CCCN(Cc1ncc(-c2ccc3cc(-c4ccc(-c5cnc([C@@H]6CCCN6C(=O)CNC(=O)OC)[nH]5)cc4)ccc3c2)[nH]1)C(=O)C(c1ccccc1)N(CC)CC. The number of hydrogen-bond acceptors (Lipinski definition) is 7. The smallest absolute Gasteiger partial charge is 0.407 e. The zero-order chi connectivity index (χ0) is 40.6. The molecule has 1 fully saturated rings. The van der Waals surface area contributed by atoms with Crippen molar-refractivity contribution in [2.75, 3.05) is 39.8 Å². The van der Waals surface area contributed by atoms with Crippen molar-refractivity contribution in [3.63, 3.8) is 0 Å². The lowest BCUT2D eigenvalue weighted by Crippen LogP contribution is -2.43. The van der Waals surface area contributed by atoms with Gasteiger partial charge in [0, 0.05) is 18.7 Å². The summed E-state index contributed by atoms with van der Waals surface area (Å²) in [6.45, 7) is 9.42. The van der Waals surface area contributed by atoms with E-state index in [1.54, 1.807) is 4.90 Å². The van der Waals surface area contributed by atoms with Crippen LogP contribution in [0.3, 0.4) is 0 Å². The first-order valence-corrected chi connectivity index (χ1v) is 20.2. The maximum absolute atomic E-state index is 14.2. The number of benzene rings is 4. The van der Waals surface area contributed by atoms with Crippen LogP contribution in [0.25, 0.3) is 44.4 Å². The molecule has 12 nitrogen and oxygen atoms in total. The molecule has 0 radical (unpaired) electrons. The number of carbonyl (C=O) groups excluding carboxylic acids is 3. The molecule has 3 heterocycles. The summed E-state index contributed by atoms with van der Waals surface area (Å²) in [6, 6.07) is 30.8. The molecule has 12 heteroatoms. The van der Waals surface area contributed by atoms with Gasteiger partial charge in [0.05, 0.1) is 43.5 Å². The molecule has 1 unspecified atom stereocenters. The number of H-pyrrole nitrogens is 2. The molecule has 2 atom stereocenters. The average Bonchev–Trinajstić information content (AvgIpc) is 4.06. The van der Waals surface area contributed by atoms with Crippen molar-refractivity contribution in [2.24, 2.45) is 0 Å². The Balaban J connectivity index is 1.02. The van der Waals surface area contributed by atoms with Gasteiger partial charge in [0.1, 0.15) is 24.2 Å². The molecule has 300 valence electrons. The Bertz CT molecular complexity index is 2330. The lowest BCUT2D eigenvalue weighted by Gasteiger charge is -2.33.